The molecular weight excluding hydrogens is 284 g/mol. The van der Waals surface area contributed by atoms with Crippen LogP contribution in [-0.4, -0.2) is 18.0 Å². The van der Waals surface area contributed by atoms with Crippen LogP contribution in [0.2, 0.25) is 0 Å². The van der Waals surface area contributed by atoms with Crippen molar-refractivity contribution in [2.24, 2.45) is 0 Å². The first kappa shape index (κ1) is 15.9. The molecule has 4 nitrogen and oxygen atoms in total. The molecule has 0 fully saturated rings. The summed E-state index contributed by atoms with van der Waals surface area (Å²) in [5.74, 6) is -0.368. The molecule has 1 aromatic heterocycles. The molecule has 0 unspecified atom stereocenters. The van der Waals surface area contributed by atoms with Crippen molar-refractivity contribution in [3.63, 3.8) is 0 Å². The van der Waals surface area contributed by atoms with E-state index >= 15 is 0 Å². The third-order valence-corrected chi connectivity index (χ3v) is 2.98. The molecule has 0 bridgehead atoms. The van der Waals surface area contributed by atoms with Gasteiger partial charge in [0.1, 0.15) is 15.9 Å². The average molecular weight is 291 g/mol. The molecular formula is C11H7FKNO3S. The Kier molecular flexibility index (Phi) is 5.59. The van der Waals surface area contributed by atoms with E-state index in [0.717, 1.165) is 6.20 Å². The molecule has 18 heavy (non-hydrogen) atoms. The monoisotopic (exact) mass is 291 g/mol. The smallest absolute Gasteiger partial charge is 0.744 e. The van der Waals surface area contributed by atoms with E-state index in [2.05, 4.69) is 4.98 Å². The molecule has 0 amide bonds. The fourth-order valence-electron chi connectivity index (χ4n) is 1.32. The quantitative estimate of drug-likeness (QED) is 0.514. The summed E-state index contributed by atoms with van der Waals surface area (Å²) in [6, 6.07) is 8.16. The van der Waals surface area contributed by atoms with Crippen LogP contribution in [0.25, 0.3) is 11.3 Å². The van der Waals surface area contributed by atoms with Crippen molar-refractivity contribution in [2.75, 3.05) is 0 Å². The zero-order chi connectivity index (χ0) is 12.5. The number of aromatic nitrogens is 1. The van der Waals surface area contributed by atoms with Crippen LogP contribution >= 0.6 is 0 Å². The minimum Gasteiger partial charge on any atom is -0.744 e. The molecule has 0 aliphatic rings. The Morgan fingerprint density at radius 1 is 1.06 bits per heavy atom. The number of nitrogens with zero attached hydrogens (tertiary/aromatic N) is 1. The van der Waals surface area contributed by atoms with Crippen LogP contribution < -0.4 is 51.4 Å². The summed E-state index contributed by atoms with van der Waals surface area (Å²) in [6.45, 7) is 0. The summed E-state index contributed by atoms with van der Waals surface area (Å²) in [5, 5.41) is 0. The first-order chi connectivity index (χ1) is 7.97. The van der Waals surface area contributed by atoms with Crippen molar-refractivity contribution in [3.05, 3.63) is 48.4 Å². The summed E-state index contributed by atoms with van der Waals surface area (Å²) in [7, 11) is -4.48. The zero-order valence-electron chi connectivity index (χ0n) is 9.50. The van der Waals surface area contributed by atoms with Crippen molar-refractivity contribution >= 4 is 10.1 Å². The van der Waals surface area contributed by atoms with E-state index in [1.54, 1.807) is 0 Å². The summed E-state index contributed by atoms with van der Waals surface area (Å²) >= 11 is 0. The molecule has 0 aliphatic heterocycles. The Morgan fingerprint density at radius 2 is 1.67 bits per heavy atom. The van der Waals surface area contributed by atoms with Gasteiger partial charge in [-0.15, -0.1) is 0 Å². The molecule has 7 heteroatoms. The molecule has 0 atom stereocenters. The van der Waals surface area contributed by atoms with Gasteiger partial charge in [0.2, 0.25) is 0 Å². The molecule has 1 aromatic carbocycles. The van der Waals surface area contributed by atoms with Gasteiger partial charge in [-0.2, -0.15) is 0 Å². The van der Waals surface area contributed by atoms with Gasteiger partial charge in [-0.3, -0.25) is 4.98 Å². The molecule has 0 saturated heterocycles. The van der Waals surface area contributed by atoms with Crippen molar-refractivity contribution in [3.8, 4) is 11.3 Å². The van der Waals surface area contributed by atoms with Crippen molar-refractivity contribution in [1.29, 1.82) is 0 Å². The van der Waals surface area contributed by atoms with Gasteiger partial charge in [-0.25, -0.2) is 12.8 Å². The number of halogens is 1. The maximum Gasteiger partial charge on any atom is 1.00 e. The Labute approximate surface area is 146 Å². The predicted molar refractivity (Wildman–Crippen MR) is 57.6 cm³/mol. The maximum atomic E-state index is 12.7. The van der Waals surface area contributed by atoms with Crippen LogP contribution in [0.5, 0.6) is 0 Å². The van der Waals surface area contributed by atoms with Gasteiger partial charge < -0.3 is 4.55 Å². The standard InChI is InChI=1S/C11H8FNO3S.K/c12-9-3-1-8(2-4-9)11-6-5-10(7-13-11)17(14,15)16;/h1-7H,(H,14,15,16);/q;+1/p-1. The molecule has 0 aliphatic carbocycles. The van der Waals surface area contributed by atoms with Gasteiger partial charge in [-0.05, 0) is 36.4 Å². The summed E-state index contributed by atoms with van der Waals surface area (Å²) in [5.41, 5.74) is 1.11. The fourth-order valence-corrected chi connectivity index (χ4v) is 1.74. The second kappa shape index (κ2) is 6.33. The second-order valence-corrected chi connectivity index (χ2v) is 4.72. The van der Waals surface area contributed by atoms with Gasteiger partial charge >= 0.3 is 51.4 Å². The number of hydrogen-bond acceptors (Lipinski definition) is 4. The number of benzene rings is 1. The van der Waals surface area contributed by atoms with Gasteiger partial charge in [-0.1, -0.05) is 0 Å². The van der Waals surface area contributed by atoms with Crippen LogP contribution in [-0.2, 0) is 10.1 Å². The Bertz CT molecular complexity index is 626. The van der Waals surface area contributed by atoms with E-state index < -0.39 is 10.1 Å². The molecule has 0 radical (unpaired) electrons. The molecule has 0 saturated carbocycles. The van der Waals surface area contributed by atoms with Crippen LogP contribution in [0.3, 0.4) is 0 Å². The minimum atomic E-state index is -4.48. The van der Waals surface area contributed by atoms with E-state index in [1.165, 1.54) is 36.4 Å². The SMILES string of the molecule is O=S(=O)([O-])c1ccc(-c2ccc(F)cc2)nc1.[K+]. The van der Waals surface area contributed by atoms with Crippen molar-refractivity contribution in [1.82, 2.24) is 4.98 Å². The zero-order valence-corrected chi connectivity index (χ0v) is 13.4. The first-order valence-corrected chi connectivity index (χ1v) is 6.05. The topological polar surface area (TPSA) is 70.1 Å². The van der Waals surface area contributed by atoms with E-state index in [1.807, 2.05) is 0 Å². The molecule has 0 spiro atoms. The third kappa shape index (κ3) is 3.92. The number of pyridine rings is 1. The molecule has 0 N–H and O–H groups in total. The van der Waals surface area contributed by atoms with Gasteiger partial charge in [0, 0.05) is 11.8 Å². The van der Waals surface area contributed by atoms with E-state index in [4.69, 9.17) is 0 Å². The predicted octanol–water partition coefficient (Wildman–Crippen LogP) is -1.20. The Hall–Kier alpha value is -0.154. The van der Waals surface area contributed by atoms with Crippen LogP contribution in [0.4, 0.5) is 4.39 Å². The van der Waals surface area contributed by atoms with Crippen LogP contribution in [0.15, 0.2) is 47.5 Å². The van der Waals surface area contributed by atoms with Gasteiger partial charge in [0.05, 0.1) is 10.6 Å². The minimum absolute atomic E-state index is 0. The Morgan fingerprint density at radius 3 is 2.11 bits per heavy atom. The maximum absolute atomic E-state index is 12.7. The van der Waals surface area contributed by atoms with Gasteiger partial charge in [0.15, 0.2) is 0 Å². The first-order valence-electron chi connectivity index (χ1n) is 4.65. The van der Waals surface area contributed by atoms with Crippen LogP contribution in [0, 0.1) is 5.82 Å². The fraction of sp³-hybridized carbons (Fsp3) is 0. The molecule has 2 rings (SSSR count). The molecule has 88 valence electrons. The molecule has 1 heterocycles. The third-order valence-electron chi connectivity index (χ3n) is 2.17. The Balaban J connectivity index is 0.00000162. The summed E-state index contributed by atoms with van der Waals surface area (Å²) in [4.78, 5) is 3.46. The van der Waals surface area contributed by atoms with Crippen molar-refractivity contribution in [2.45, 2.75) is 4.90 Å². The largest absolute Gasteiger partial charge is 1.00 e. The molecule has 2 aromatic rings. The van der Waals surface area contributed by atoms with Crippen LogP contribution in [0.1, 0.15) is 0 Å². The van der Waals surface area contributed by atoms with E-state index in [9.17, 15) is 17.4 Å². The number of hydrogen-bond donors (Lipinski definition) is 0. The van der Waals surface area contributed by atoms with Gasteiger partial charge in [0.25, 0.3) is 0 Å². The van der Waals surface area contributed by atoms with Crippen molar-refractivity contribution < 1.29 is 68.7 Å². The number of rotatable bonds is 2. The van der Waals surface area contributed by atoms with E-state index in [0.29, 0.717) is 11.3 Å². The normalized spacial score (nSPS) is 10.8. The summed E-state index contributed by atoms with van der Waals surface area (Å²) in [6.07, 6.45) is 0.987. The second-order valence-electron chi connectivity index (χ2n) is 3.34. The summed E-state index contributed by atoms with van der Waals surface area (Å²) < 4.78 is 44.7. The average Bonchev–Trinajstić information content (AvgIpc) is 2.29. The van der Waals surface area contributed by atoms with E-state index in [-0.39, 0.29) is 62.1 Å².